The second kappa shape index (κ2) is 8.92. The van der Waals surface area contributed by atoms with Crippen molar-refractivity contribution in [3.8, 4) is 0 Å². The van der Waals surface area contributed by atoms with Crippen LogP contribution in [0.25, 0.3) is 0 Å². The first-order valence-electron chi connectivity index (χ1n) is 8.20. The Morgan fingerprint density at radius 2 is 1.94 bits per heavy atom. The van der Waals surface area contributed by atoms with E-state index in [0.717, 1.165) is 18.5 Å². The molecule has 3 atom stereocenters. The maximum atomic E-state index is 3.70. The molecule has 18 heavy (non-hydrogen) atoms. The molecule has 0 aliphatic carbocycles. The van der Waals surface area contributed by atoms with Crippen LogP contribution >= 0.6 is 0 Å². The van der Waals surface area contributed by atoms with Gasteiger partial charge in [0, 0.05) is 18.6 Å². The van der Waals surface area contributed by atoms with Crippen LogP contribution < -0.4 is 5.32 Å². The summed E-state index contributed by atoms with van der Waals surface area (Å²) in [5, 5.41) is 3.70. The molecule has 0 aromatic rings. The zero-order chi connectivity index (χ0) is 13.4. The highest BCUT2D eigenvalue weighted by Gasteiger charge is 2.24. The quantitative estimate of drug-likeness (QED) is 0.746. The predicted octanol–water partition coefficient (Wildman–Crippen LogP) is 3.67. The molecular weight excluding hydrogens is 220 g/mol. The zero-order valence-corrected chi connectivity index (χ0v) is 13.0. The molecule has 1 aliphatic rings. The van der Waals surface area contributed by atoms with E-state index in [0.29, 0.717) is 6.04 Å². The molecule has 0 saturated carbocycles. The normalized spacial score (nSPS) is 25.7. The molecule has 2 nitrogen and oxygen atoms in total. The maximum Gasteiger partial charge on any atom is 0.0220 e. The fourth-order valence-corrected chi connectivity index (χ4v) is 3.18. The van der Waals surface area contributed by atoms with Crippen LogP contribution in [-0.4, -0.2) is 36.6 Å². The Bertz CT molecular complexity index is 205. The fraction of sp³-hybridized carbons (Fsp3) is 1.00. The standard InChI is InChI=1S/C16H34N2/c1-5-14(4)16(17-7-3)13-18-12-10-8-9-11-15(18)6-2/h14-17H,5-13H2,1-4H3. The van der Waals surface area contributed by atoms with Gasteiger partial charge in [-0.05, 0) is 38.3 Å². The topological polar surface area (TPSA) is 15.3 Å². The SMILES string of the molecule is CCNC(CN1CCCCCC1CC)C(C)CC. The molecule has 3 unspecified atom stereocenters. The van der Waals surface area contributed by atoms with Gasteiger partial charge in [-0.1, -0.05) is 47.0 Å². The summed E-state index contributed by atoms with van der Waals surface area (Å²) in [6.07, 6.45) is 8.28. The van der Waals surface area contributed by atoms with Gasteiger partial charge >= 0.3 is 0 Å². The van der Waals surface area contributed by atoms with Crippen LogP contribution in [-0.2, 0) is 0 Å². The zero-order valence-electron chi connectivity index (χ0n) is 13.0. The summed E-state index contributed by atoms with van der Waals surface area (Å²) in [7, 11) is 0. The second-order valence-corrected chi connectivity index (χ2v) is 5.96. The predicted molar refractivity (Wildman–Crippen MR) is 81.0 cm³/mol. The van der Waals surface area contributed by atoms with E-state index in [1.807, 2.05) is 0 Å². The van der Waals surface area contributed by atoms with Crippen molar-refractivity contribution in [2.24, 2.45) is 5.92 Å². The van der Waals surface area contributed by atoms with Gasteiger partial charge in [0.25, 0.3) is 0 Å². The Hall–Kier alpha value is -0.0800. The van der Waals surface area contributed by atoms with Crippen LogP contribution in [0.1, 0.15) is 66.2 Å². The highest BCUT2D eigenvalue weighted by molar-refractivity contribution is 4.81. The third kappa shape index (κ3) is 4.89. The molecule has 0 spiro atoms. The molecule has 1 saturated heterocycles. The average molecular weight is 254 g/mol. The van der Waals surface area contributed by atoms with E-state index in [1.54, 1.807) is 0 Å². The largest absolute Gasteiger partial charge is 0.313 e. The molecule has 2 heteroatoms. The number of hydrogen-bond donors (Lipinski definition) is 1. The van der Waals surface area contributed by atoms with E-state index in [-0.39, 0.29) is 0 Å². The highest BCUT2D eigenvalue weighted by atomic mass is 15.2. The number of hydrogen-bond acceptors (Lipinski definition) is 2. The van der Waals surface area contributed by atoms with Gasteiger partial charge in [0.15, 0.2) is 0 Å². The number of likely N-dealkylation sites (N-methyl/N-ethyl adjacent to an activating group) is 1. The van der Waals surface area contributed by atoms with Crippen LogP contribution in [0.3, 0.4) is 0 Å². The molecule has 1 heterocycles. The van der Waals surface area contributed by atoms with E-state index in [1.165, 1.54) is 51.6 Å². The van der Waals surface area contributed by atoms with Gasteiger partial charge in [-0.3, -0.25) is 4.90 Å². The number of likely N-dealkylation sites (tertiary alicyclic amines) is 1. The van der Waals surface area contributed by atoms with E-state index < -0.39 is 0 Å². The molecule has 1 fully saturated rings. The van der Waals surface area contributed by atoms with Gasteiger partial charge in [0.05, 0.1) is 0 Å². The molecule has 1 aliphatic heterocycles. The molecule has 108 valence electrons. The summed E-state index contributed by atoms with van der Waals surface area (Å²) in [5.74, 6) is 0.783. The summed E-state index contributed by atoms with van der Waals surface area (Å²) in [6.45, 7) is 13.0. The lowest BCUT2D eigenvalue weighted by Gasteiger charge is -2.35. The van der Waals surface area contributed by atoms with Crippen molar-refractivity contribution in [2.75, 3.05) is 19.6 Å². The highest BCUT2D eigenvalue weighted by Crippen LogP contribution is 2.21. The van der Waals surface area contributed by atoms with E-state index in [4.69, 9.17) is 0 Å². The molecule has 0 bridgehead atoms. The van der Waals surface area contributed by atoms with Gasteiger partial charge in [0.1, 0.15) is 0 Å². The fourth-order valence-electron chi connectivity index (χ4n) is 3.18. The minimum Gasteiger partial charge on any atom is -0.313 e. The van der Waals surface area contributed by atoms with Crippen molar-refractivity contribution in [3.63, 3.8) is 0 Å². The first-order valence-corrected chi connectivity index (χ1v) is 8.20. The van der Waals surface area contributed by atoms with Crippen molar-refractivity contribution in [3.05, 3.63) is 0 Å². The summed E-state index contributed by atoms with van der Waals surface area (Å²) in [5.41, 5.74) is 0. The summed E-state index contributed by atoms with van der Waals surface area (Å²) in [6, 6.07) is 1.50. The lowest BCUT2D eigenvalue weighted by Crippen LogP contribution is -2.48. The number of nitrogens with one attached hydrogen (secondary N) is 1. The minimum atomic E-state index is 0.673. The Balaban J connectivity index is 2.57. The third-order valence-corrected chi connectivity index (χ3v) is 4.70. The van der Waals surface area contributed by atoms with Gasteiger partial charge in [-0.15, -0.1) is 0 Å². The van der Waals surface area contributed by atoms with Crippen molar-refractivity contribution in [1.82, 2.24) is 10.2 Å². The molecular formula is C16H34N2. The van der Waals surface area contributed by atoms with Gasteiger partial charge < -0.3 is 5.32 Å². The van der Waals surface area contributed by atoms with Crippen LogP contribution in [0.15, 0.2) is 0 Å². The smallest absolute Gasteiger partial charge is 0.0220 e. The van der Waals surface area contributed by atoms with Gasteiger partial charge in [-0.2, -0.15) is 0 Å². The summed E-state index contributed by atoms with van der Waals surface area (Å²) >= 11 is 0. The molecule has 0 radical (unpaired) electrons. The molecule has 1 N–H and O–H groups in total. The first-order chi connectivity index (χ1) is 8.72. The lowest BCUT2D eigenvalue weighted by atomic mass is 9.97. The average Bonchev–Trinajstić information content (AvgIpc) is 2.62. The van der Waals surface area contributed by atoms with Crippen LogP contribution in [0.2, 0.25) is 0 Å². The number of nitrogens with zero attached hydrogens (tertiary/aromatic N) is 1. The third-order valence-electron chi connectivity index (χ3n) is 4.70. The van der Waals surface area contributed by atoms with E-state index >= 15 is 0 Å². The molecule has 0 aromatic carbocycles. The Morgan fingerprint density at radius 1 is 1.17 bits per heavy atom. The molecule has 0 amide bonds. The van der Waals surface area contributed by atoms with Crippen LogP contribution in [0.4, 0.5) is 0 Å². The summed E-state index contributed by atoms with van der Waals surface area (Å²) < 4.78 is 0. The molecule has 0 aromatic heterocycles. The second-order valence-electron chi connectivity index (χ2n) is 5.96. The van der Waals surface area contributed by atoms with Crippen LogP contribution in [0.5, 0.6) is 0 Å². The van der Waals surface area contributed by atoms with Crippen LogP contribution in [0, 0.1) is 5.92 Å². The van der Waals surface area contributed by atoms with Crippen molar-refractivity contribution < 1.29 is 0 Å². The minimum absolute atomic E-state index is 0.673. The first kappa shape index (κ1) is 16.0. The summed E-state index contributed by atoms with van der Waals surface area (Å²) in [4.78, 5) is 2.77. The number of rotatable bonds is 7. The Labute approximate surface area is 115 Å². The maximum absolute atomic E-state index is 3.70. The van der Waals surface area contributed by atoms with Gasteiger partial charge in [0.2, 0.25) is 0 Å². The van der Waals surface area contributed by atoms with Crippen molar-refractivity contribution in [1.29, 1.82) is 0 Å². The van der Waals surface area contributed by atoms with E-state index in [2.05, 4.69) is 37.9 Å². The van der Waals surface area contributed by atoms with Gasteiger partial charge in [-0.25, -0.2) is 0 Å². The Kier molecular flexibility index (Phi) is 7.92. The monoisotopic (exact) mass is 254 g/mol. The lowest BCUT2D eigenvalue weighted by molar-refractivity contribution is 0.156. The Morgan fingerprint density at radius 3 is 2.56 bits per heavy atom. The van der Waals surface area contributed by atoms with Crippen molar-refractivity contribution in [2.45, 2.75) is 78.3 Å². The molecule has 1 rings (SSSR count). The van der Waals surface area contributed by atoms with Crippen molar-refractivity contribution >= 4 is 0 Å². The van der Waals surface area contributed by atoms with E-state index in [9.17, 15) is 0 Å².